The molecule has 0 aliphatic carbocycles. The first-order valence-electron chi connectivity index (χ1n) is 5.26. The van der Waals surface area contributed by atoms with Crippen LogP contribution in [0.1, 0.15) is 0 Å². The third-order valence-electron chi connectivity index (χ3n) is 2.35. The maximum absolute atomic E-state index is 13.6. The molecule has 2 aromatic carbocycles. The maximum Gasteiger partial charge on any atom is 0.573 e. The molecular formula is C13H6BrClF4O. The fourth-order valence-electron chi connectivity index (χ4n) is 1.61. The fraction of sp³-hybridized carbons (Fsp3) is 0.0769. The summed E-state index contributed by atoms with van der Waals surface area (Å²) in [5.74, 6) is -1.97. The van der Waals surface area contributed by atoms with E-state index in [9.17, 15) is 17.6 Å². The van der Waals surface area contributed by atoms with Crippen molar-refractivity contribution in [2.45, 2.75) is 6.36 Å². The van der Waals surface area contributed by atoms with Gasteiger partial charge < -0.3 is 4.74 Å². The van der Waals surface area contributed by atoms with Crippen molar-refractivity contribution >= 4 is 27.5 Å². The zero-order chi connectivity index (χ0) is 14.9. The summed E-state index contributed by atoms with van der Waals surface area (Å²) >= 11 is 9.09. The van der Waals surface area contributed by atoms with Gasteiger partial charge in [-0.25, -0.2) is 4.39 Å². The molecule has 7 heteroatoms. The molecule has 0 saturated carbocycles. The summed E-state index contributed by atoms with van der Waals surface area (Å²) in [6, 6.07) is 8.09. The van der Waals surface area contributed by atoms with Crippen LogP contribution in [0.15, 0.2) is 40.9 Å². The summed E-state index contributed by atoms with van der Waals surface area (Å²) in [4.78, 5) is 0. The van der Waals surface area contributed by atoms with E-state index in [0.717, 1.165) is 12.1 Å². The SMILES string of the molecule is Fc1cc(-c2cc(Cl)cc(Br)c2)ccc1OC(F)(F)F. The third kappa shape index (κ3) is 3.86. The Hall–Kier alpha value is -1.27. The van der Waals surface area contributed by atoms with Crippen LogP contribution >= 0.6 is 27.5 Å². The lowest BCUT2D eigenvalue weighted by atomic mass is 10.1. The molecule has 106 valence electrons. The number of ether oxygens (including phenoxy) is 1. The van der Waals surface area contributed by atoms with Crippen LogP contribution in [-0.4, -0.2) is 6.36 Å². The predicted octanol–water partition coefficient (Wildman–Crippen LogP) is 5.81. The monoisotopic (exact) mass is 368 g/mol. The van der Waals surface area contributed by atoms with E-state index in [1.54, 1.807) is 18.2 Å². The molecule has 0 aromatic heterocycles. The van der Waals surface area contributed by atoms with E-state index in [0.29, 0.717) is 20.6 Å². The fourth-order valence-corrected chi connectivity index (χ4v) is 2.47. The van der Waals surface area contributed by atoms with Crippen molar-refractivity contribution in [2.75, 3.05) is 0 Å². The Morgan fingerprint density at radius 3 is 2.25 bits per heavy atom. The number of hydrogen-bond donors (Lipinski definition) is 0. The van der Waals surface area contributed by atoms with Crippen LogP contribution in [-0.2, 0) is 0 Å². The largest absolute Gasteiger partial charge is 0.573 e. The lowest BCUT2D eigenvalue weighted by Gasteiger charge is -2.11. The van der Waals surface area contributed by atoms with Gasteiger partial charge in [-0.1, -0.05) is 33.6 Å². The van der Waals surface area contributed by atoms with Crippen molar-refractivity contribution in [2.24, 2.45) is 0 Å². The molecule has 0 heterocycles. The molecule has 0 bridgehead atoms. The van der Waals surface area contributed by atoms with Gasteiger partial charge in [-0.15, -0.1) is 13.2 Å². The molecule has 0 aliphatic heterocycles. The molecule has 2 rings (SSSR count). The average molecular weight is 370 g/mol. The van der Waals surface area contributed by atoms with Crippen LogP contribution in [0, 0.1) is 5.82 Å². The molecule has 0 amide bonds. The highest BCUT2D eigenvalue weighted by Gasteiger charge is 2.32. The molecule has 0 atom stereocenters. The van der Waals surface area contributed by atoms with Crippen molar-refractivity contribution in [3.63, 3.8) is 0 Å². The molecule has 0 radical (unpaired) electrons. The number of halogens is 6. The van der Waals surface area contributed by atoms with Gasteiger partial charge in [0, 0.05) is 9.50 Å². The number of rotatable bonds is 2. The summed E-state index contributed by atoms with van der Waals surface area (Å²) in [5.41, 5.74) is 0.960. The number of alkyl halides is 3. The highest BCUT2D eigenvalue weighted by atomic mass is 79.9. The summed E-state index contributed by atoms with van der Waals surface area (Å²) in [5, 5.41) is 0.422. The van der Waals surface area contributed by atoms with Crippen molar-refractivity contribution < 1.29 is 22.3 Å². The second-order valence-corrected chi connectivity index (χ2v) is 5.20. The number of benzene rings is 2. The minimum atomic E-state index is -4.93. The van der Waals surface area contributed by atoms with Gasteiger partial charge >= 0.3 is 6.36 Å². The topological polar surface area (TPSA) is 9.23 Å². The van der Waals surface area contributed by atoms with E-state index in [1.807, 2.05) is 0 Å². The molecule has 1 nitrogen and oxygen atoms in total. The smallest absolute Gasteiger partial charge is 0.403 e. The zero-order valence-corrected chi connectivity index (χ0v) is 12.0. The van der Waals surface area contributed by atoms with Crippen molar-refractivity contribution in [1.82, 2.24) is 0 Å². The summed E-state index contributed by atoms with van der Waals surface area (Å²) in [7, 11) is 0. The minimum absolute atomic E-state index is 0.389. The first kappa shape index (κ1) is 15.1. The van der Waals surface area contributed by atoms with Crippen LogP contribution in [0.3, 0.4) is 0 Å². The quantitative estimate of drug-likeness (QED) is 0.607. The van der Waals surface area contributed by atoms with Gasteiger partial charge in [-0.3, -0.25) is 0 Å². The normalized spacial score (nSPS) is 11.5. The van der Waals surface area contributed by atoms with Crippen molar-refractivity contribution in [3.8, 4) is 16.9 Å². The number of hydrogen-bond acceptors (Lipinski definition) is 1. The standard InChI is InChI=1S/C13H6BrClF4O/c14-9-3-8(4-10(15)6-9)7-1-2-12(11(16)5-7)20-13(17,18)19/h1-6H. The second kappa shape index (κ2) is 5.61. The van der Waals surface area contributed by atoms with Crippen LogP contribution < -0.4 is 4.74 Å². The van der Waals surface area contributed by atoms with E-state index >= 15 is 0 Å². The Morgan fingerprint density at radius 2 is 1.70 bits per heavy atom. The van der Waals surface area contributed by atoms with Gasteiger partial charge in [0.15, 0.2) is 11.6 Å². The first-order chi connectivity index (χ1) is 9.24. The van der Waals surface area contributed by atoms with Crippen molar-refractivity contribution in [3.05, 3.63) is 51.7 Å². The van der Waals surface area contributed by atoms with E-state index < -0.39 is 17.9 Å². The third-order valence-corrected chi connectivity index (χ3v) is 3.03. The van der Waals surface area contributed by atoms with Gasteiger partial charge in [-0.2, -0.15) is 0 Å². The maximum atomic E-state index is 13.6. The average Bonchev–Trinajstić information content (AvgIpc) is 2.29. The van der Waals surface area contributed by atoms with Gasteiger partial charge in [0.25, 0.3) is 0 Å². The lowest BCUT2D eigenvalue weighted by molar-refractivity contribution is -0.275. The van der Waals surface area contributed by atoms with Gasteiger partial charge in [0.05, 0.1) is 0 Å². The van der Waals surface area contributed by atoms with Gasteiger partial charge in [0.2, 0.25) is 0 Å². The van der Waals surface area contributed by atoms with E-state index in [4.69, 9.17) is 11.6 Å². The molecule has 0 unspecified atom stereocenters. The van der Waals surface area contributed by atoms with E-state index in [2.05, 4.69) is 20.7 Å². The second-order valence-electron chi connectivity index (χ2n) is 3.85. The Balaban J connectivity index is 2.38. The molecule has 0 N–H and O–H groups in total. The molecule has 2 aromatic rings. The Labute approximate surface area is 125 Å². The summed E-state index contributed by atoms with van der Waals surface area (Å²) < 4.78 is 53.9. The Morgan fingerprint density at radius 1 is 1.00 bits per heavy atom. The van der Waals surface area contributed by atoms with Crippen LogP contribution in [0.2, 0.25) is 5.02 Å². The molecular weight excluding hydrogens is 363 g/mol. The molecule has 0 saturated heterocycles. The molecule has 0 aliphatic rings. The summed E-state index contributed by atoms with van der Waals surface area (Å²) in [6.45, 7) is 0. The first-order valence-corrected chi connectivity index (χ1v) is 6.43. The van der Waals surface area contributed by atoms with Crippen LogP contribution in [0.5, 0.6) is 5.75 Å². The highest BCUT2D eigenvalue weighted by molar-refractivity contribution is 9.10. The van der Waals surface area contributed by atoms with Crippen LogP contribution in [0.25, 0.3) is 11.1 Å². The van der Waals surface area contributed by atoms with Gasteiger partial charge in [0.1, 0.15) is 0 Å². The molecule has 0 fully saturated rings. The minimum Gasteiger partial charge on any atom is -0.403 e. The Kier molecular flexibility index (Phi) is 4.25. The van der Waals surface area contributed by atoms with E-state index in [-0.39, 0.29) is 0 Å². The molecule has 0 spiro atoms. The summed E-state index contributed by atoms with van der Waals surface area (Å²) in [6.07, 6.45) is -4.93. The highest BCUT2D eigenvalue weighted by Crippen LogP contribution is 2.32. The van der Waals surface area contributed by atoms with Gasteiger partial charge in [-0.05, 0) is 41.5 Å². The lowest BCUT2D eigenvalue weighted by Crippen LogP contribution is -2.17. The van der Waals surface area contributed by atoms with Crippen LogP contribution in [0.4, 0.5) is 17.6 Å². The van der Waals surface area contributed by atoms with Crippen molar-refractivity contribution in [1.29, 1.82) is 0 Å². The predicted molar refractivity (Wildman–Crippen MR) is 71.2 cm³/mol. The van der Waals surface area contributed by atoms with E-state index in [1.165, 1.54) is 6.07 Å². The zero-order valence-electron chi connectivity index (χ0n) is 9.64. The molecule has 20 heavy (non-hydrogen) atoms. The Bertz CT molecular complexity index is 623.